The lowest BCUT2D eigenvalue weighted by Crippen LogP contribution is -2.47. The van der Waals surface area contributed by atoms with Crippen LogP contribution >= 0.6 is 0 Å². The normalized spacial score (nSPS) is 14.4. The highest BCUT2D eigenvalue weighted by molar-refractivity contribution is 6.11. The Hall–Kier alpha value is -3.02. The molecule has 1 unspecified atom stereocenters. The van der Waals surface area contributed by atoms with Crippen LogP contribution in [0.4, 0.5) is 17.1 Å². The van der Waals surface area contributed by atoms with E-state index >= 15 is 0 Å². The topological polar surface area (TPSA) is 70.7 Å². The van der Waals surface area contributed by atoms with Crippen molar-refractivity contribution in [3.05, 3.63) is 48.5 Å². The van der Waals surface area contributed by atoms with E-state index in [0.717, 1.165) is 11.4 Å². The summed E-state index contributed by atoms with van der Waals surface area (Å²) in [6.07, 6.45) is 0. The van der Waals surface area contributed by atoms with E-state index in [4.69, 9.17) is 4.74 Å². The molecule has 0 bridgehead atoms. The molecule has 124 valence electrons. The van der Waals surface area contributed by atoms with Crippen LogP contribution in [0.5, 0.6) is 5.75 Å². The third-order valence-corrected chi connectivity index (χ3v) is 3.88. The monoisotopic (exact) mass is 325 g/mol. The first-order valence-corrected chi connectivity index (χ1v) is 7.69. The summed E-state index contributed by atoms with van der Waals surface area (Å²) in [5.74, 6) is 0.396. The molecule has 0 saturated heterocycles. The Bertz CT molecular complexity index is 758. The Balaban J connectivity index is 1.76. The molecule has 3 rings (SSSR count). The fourth-order valence-corrected chi connectivity index (χ4v) is 2.66. The predicted molar refractivity (Wildman–Crippen MR) is 93.5 cm³/mol. The summed E-state index contributed by atoms with van der Waals surface area (Å²) < 4.78 is 5.12. The third kappa shape index (κ3) is 3.17. The summed E-state index contributed by atoms with van der Waals surface area (Å²) in [4.78, 5) is 26.2. The summed E-state index contributed by atoms with van der Waals surface area (Å²) in [7, 11) is 1.60. The van der Waals surface area contributed by atoms with Gasteiger partial charge in [0.2, 0.25) is 11.8 Å². The molecule has 24 heavy (non-hydrogen) atoms. The Morgan fingerprint density at radius 1 is 1.21 bits per heavy atom. The number of hydrogen-bond acceptors (Lipinski definition) is 4. The minimum atomic E-state index is -0.475. The number of para-hydroxylation sites is 2. The number of fused-ring (bicyclic) bond motifs is 1. The lowest BCUT2D eigenvalue weighted by Gasteiger charge is -2.31. The second kappa shape index (κ2) is 6.62. The van der Waals surface area contributed by atoms with Crippen LogP contribution in [0.3, 0.4) is 0 Å². The number of anilines is 3. The lowest BCUT2D eigenvalue weighted by molar-refractivity contribution is -0.122. The quantitative estimate of drug-likeness (QED) is 0.906. The van der Waals surface area contributed by atoms with Gasteiger partial charge in [-0.3, -0.25) is 14.5 Å². The fourth-order valence-electron chi connectivity index (χ4n) is 2.66. The van der Waals surface area contributed by atoms with Gasteiger partial charge in [-0.25, -0.2) is 0 Å². The van der Waals surface area contributed by atoms with Crippen LogP contribution in [-0.2, 0) is 9.59 Å². The first kappa shape index (κ1) is 15.9. The minimum Gasteiger partial charge on any atom is -0.497 e. The smallest absolute Gasteiger partial charge is 0.249 e. The number of methoxy groups -OCH3 is 1. The van der Waals surface area contributed by atoms with E-state index in [0.29, 0.717) is 11.4 Å². The van der Waals surface area contributed by atoms with E-state index in [1.165, 1.54) is 4.90 Å². The van der Waals surface area contributed by atoms with Crippen molar-refractivity contribution in [3.63, 3.8) is 0 Å². The standard InChI is InChI=1S/C18H19N3O3/c1-12(19-13-7-9-14(24-2)10-8-13)18(23)21-11-17(22)20-15-5-3-4-6-16(15)21/h3-10,12,19H,11H2,1-2H3,(H,20,22). The Morgan fingerprint density at radius 3 is 2.62 bits per heavy atom. The van der Waals surface area contributed by atoms with Gasteiger partial charge in [0.05, 0.1) is 18.5 Å². The van der Waals surface area contributed by atoms with Crippen molar-refractivity contribution < 1.29 is 14.3 Å². The van der Waals surface area contributed by atoms with Crippen molar-refractivity contribution in [2.75, 3.05) is 29.2 Å². The molecule has 6 nitrogen and oxygen atoms in total. The number of nitrogens with one attached hydrogen (secondary N) is 2. The summed E-state index contributed by atoms with van der Waals surface area (Å²) in [5, 5.41) is 5.94. The molecule has 2 aromatic rings. The van der Waals surface area contributed by atoms with Crippen LogP contribution in [-0.4, -0.2) is 31.5 Å². The van der Waals surface area contributed by atoms with Crippen molar-refractivity contribution in [2.24, 2.45) is 0 Å². The molecule has 0 aromatic heterocycles. The van der Waals surface area contributed by atoms with Crippen molar-refractivity contribution in [2.45, 2.75) is 13.0 Å². The molecule has 0 spiro atoms. The number of carbonyl (C=O) groups excluding carboxylic acids is 2. The molecule has 0 fully saturated rings. The summed E-state index contributed by atoms with van der Waals surface area (Å²) in [5.41, 5.74) is 2.18. The van der Waals surface area contributed by atoms with Gasteiger partial charge in [-0.2, -0.15) is 0 Å². The van der Waals surface area contributed by atoms with Crippen LogP contribution in [0.15, 0.2) is 48.5 Å². The zero-order valence-electron chi connectivity index (χ0n) is 13.6. The van der Waals surface area contributed by atoms with Crippen LogP contribution in [0.2, 0.25) is 0 Å². The largest absolute Gasteiger partial charge is 0.497 e. The summed E-state index contributed by atoms with van der Waals surface area (Å²) >= 11 is 0. The number of hydrogen-bond donors (Lipinski definition) is 2. The highest BCUT2D eigenvalue weighted by Gasteiger charge is 2.29. The zero-order valence-corrected chi connectivity index (χ0v) is 13.6. The van der Waals surface area contributed by atoms with Crippen molar-refractivity contribution in [1.82, 2.24) is 0 Å². The van der Waals surface area contributed by atoms with E-state index < -0.39 is 6.04 Å². The van der Waals surface area contributed by atoms with Gasteiger partial charge in [0.1, 0.15) is 18.3 Å². The van der Waals surface area contributed by atoms with E-state index in [1.807, 2.05) is 42.5 Å². The molecule has 0 aliphatic carbocycles. The lowest BCUT2D eigenvalue weighted by atomic mass is 10.1. The van der Waals surface area contributed by atoms with Gasteiger partial charge in [-0.05, 0) is 43.3 Å². The molecule has 2 N–H and O–H groups in total. The molecule has 6 heteroatoms. The summed E-state index contributed by atoms with van der Waals surface area (Å²) in [6.45, 7) is 1.80. The SMILES string of the molecule is COc1ccc(NC(C)C(=O)N2CC(=O)Nc3ccccc32)cc1. The number of ether oxygens (including phenoxy) is 1. The van der Waals surface area contributed by atoms with E-state index in [1.54, 1.807) is 20.1 Å². The number of benzene rings is 2. The number of carbonyl (C=O) groups is 2. The molecule has 0 saturated carbocycles. The first-order valence-electron chi connectivity index (χ1n) is 7.69. The maximum absolute atomic E-state index is 12.8. The predicted octanol–water partition coefficient (Wildman–Crippen LogP) is 2.48. The van der Waals surface area contributed by atoms with Crippen LogP contribution in [0.1, 0.15) is 6.92 Å². The third-order valence-electron chi connectivity index (χ3n) is 3.88. The summed E-state index contributed by atoms with van der Waals surface area (Å²) in [6, 6.07) is 14.1. The van der Waals surface area contributed by atoms with Gasteiger partial charge in [0.15, 0.2) is 0 Å². The highest BCUT2D eigenvalue weighted by atomic mass is 16.5. The molecular weight excluding hydrogens is 306 g/mol. The van der Waals surface area contributed by atoms with Crippen LogP contribution in [0, 0.1) is 0 Å². The molecule has 0 radical (unpaired) electrons. The van der Waals surface area contributed by atoms with Gasteiger partial charge >= 0.3 is 0 Å². The molecule has 2 aromatic carbocycles. The fraction of sp³-hybridized carbons (Fsp3) is 0.222. The van der Waals surface area contributed by atoms with Gasteiger partial charge in [0, 0.05) is 5.69 Å². The van der Waals surface area contributed by atoms with Crippen LogP contribution < -0.4 is 20.3 Å². The Kier molecular flexibility index (Phi) is 4.37. The molecule has 1 aliphatic heterocycles. The zero-order chi connectivity index (χ0) is 17.1. The Labute approximate surface area is 140 Å². The number of nitrogens with zero attached hydrogens (tertiary/aromatic N) is 1. The maximum Gasteiger partial charge on any atom is 0.249 e. The van der Waals surface area contributed by atoms with Crippen LogP contribution in [0.25, 0.3) is 0 Å². The Morgan fingerprint density at radius 2 is 1.92 bits per heavy atom. The van der Waals surface area contributed by atoms with Crippen molar-refractivity contribution >= 4 is 28.9 Å². The average Bonchev–Trinajstić information content (AvgIpc) is 2.61. The first-order chi connectivity index (χ1) is 11.6. The van der Waals surface area contributed by atoms with E-state index in [-0.39, 0.29) is 18.4 Å². The van der Waals surface area contributed by atoms with Gasteiger partial charge in [-0.15, -0.1) is 0 Å². The van der Waals surface area contributed by atoms with Gasteiger partial charge < -0.3 is 15.4 Å². The van der Waals surface area contributed by atoms with Crippen molar-refractivity contribution in [1.29, 1.82) is 0 Å². The molecule has 1 heterocycles. The maximum atomic E-state index is 12.8. The molecule has 1 aliphatic rings. The second-order valence-electron chi connectivity index (χ2n) is 5.58. The second-order valence-corrected chi connectivity index (χ2v) is 5.58. The van der Waals surface area contributed by atoms with Gasteiger partial charge in [-0.1, -0.05) is 12.1 Å². The highest BCUT2D eigenvalue weighted by Crippen LogP contribution is 2.29. The minimum absolute atomic E-state index is 0.0183. The van der Waals surface area contributed by atoms with Gasteiger partial charge in [0.25, 0.3) is 0 Å². The molecular formula is C18H19N3O3. The number of rotatable bonds is 4. The molecule has 2 amide bonds. The number of amides is 2. The molecule has 1 atom stereocenters. The van der Waals surface area contributed by atoms with Crippen molar-refractivity contribution in [3.8, 4) is 5.75 Å². The van der Waals surface area contributed by atoms with E-state index in [2.05, 4.69) is 10.6 Å². The average molecular weight is 325 g/mol. The van der Waals surface area contributed by atoms with E-state index in [9.17, 15) is 9.59 Å².